The topological polar surface area (TPSA) is 79.9 Å². The number of hydrogen-bond acceptors (Lipinski definition) is 5. The van der Waals surface area contributed by atoms with E-state index >= 15 is 0 Å². The number of piperidine rings is 1. The van der Waals surface area contributed by atoms with Crippen LogP contribution >= 0.6 is 0 Å². The molecule has 7 heteroatoms. The Morgan fingerprint density at radius 2 is 1.76 bits per heavy atom. The van der Waals surface area contributed by atoms with E-state index in [1.165, 1.54) is 0 Å². The average Bonchev–Trinajstić information content (AvgIpc) is 2.88. The van der Waals surface area contributed by atoms with Crippen LogP contribution in [-0.4, -0.2) is 51.7 Å². The molecule has 1 atom stereocenters. The highest BCUT2D eigenvalue weighted by Crippen LogP contribution is 2.28. The number of carbonyl (C=O) groups is 2. The van der Waals surface area contributed by atoms with Crippen LogP contribution in [0.15, 0.2) is 42.5 Å². The lowest BCUT2D eigenvalue weighted by Gasteiger charge is -2.35. The van der Waals surface area contributed by atoms with Crippen molar-refractivity contribution in [2.24, 2.45) is 5.92 Å². The molecule has 34 heavy (non-hydrogen) atoms. The average molecular weight is 468 g/mol. The Bertz CT molecular complexity index is 970. The molecule has 2 amide bonds. The van der Waals surface area contributed by atoms with E-state index in [2.05, 4.69) is 15.5 Å². The molecule has 1 heterocycles. The minimum Gasteiger partial charge on any atom is -0.493 e. The minimum atomic E-state index is -0.0803. The van der Waals surface area contributed by atoms with Gasteiger partial charge in [-0.2, -0.15) is 0 Å². The normalized spacial score (nSPS) is 14.9. The number of carbonyl (C=O) groups excluding carboxylic acids is 2. The molecule has 1 aliphatic rings. The van der Waals surface area contributed by atoms with Crippen molar-refractivity contribution in [3.05, 3.63) is 53.6 Å². The Kier molecular flexibility index (Phi) is 9.19. The van der Waals surface area contributed by atoms with Crippen molar-refractivity contribution in [3.63, 3.8) is 0 Å². The van der Waals surface area contributed by atoms with Gasteiger partial charge in [0.05, 0.1) is 19.8 Å². The van der Waals surface area contributed by atoms with E-state index in [-0.39, 0.29) is 23.8 Å². The fourth-order valence-electron chi connectivity index (χ4n) is 4.19. The molecule has 0 spiro atoms. The number of nitrogens with zero attached hydrogens (tertiary/aromatic N) is 1. The summed E-state index contributed by atoms with van der Waals surface area (Å²) in [5.74, 6) is 1.47. The number of nitrogens with one attached hydrogen (secondary N) is 2. The van der Waals surface area contributed by atoms with Gasteiger partial charge in [-0.1, -0.05) is 32.0 Å². The van der Waals surface area contributed by atoms with Crippen LogP contribution in [0.4, 0.5) is 5.69 Å². The molecule has 2 N–H and O–H groups in total. The minimum absolute atomic E-state index is 0.0430. The van der Waals surface area contributed by atoms with Crippen molar-refractivity contribution >= 4 is 17.5 Å². The first-order chi connectivity index (χ1) is 16.5. The molecule has 7 nitrogen and oxygen atoms in total. The molecule has 1 aliphatic heterocycles. The summed E-state index contributed by atoms with van der Waals surface area (Å²) in [5.41, 5.74) is 2.68. The highest BCUT2D eigenvalue weighted by molar-refractivity contribution is 5.99. The number of methoxy groups -OCH3 is 2. The molecule has 0 aromatic heterocycles. The van der Waals surface area contributed by atoms with Gasteiger partial charge in [-0.25, -0.2) is 0 Å². The van der Waals surface area contributed by atoms with Crippen molar-refractivity contribution in [2.75, 3.05) is 38.8 Å². The maximum absolute atomic E-state index is 13.0. The van der Waals surface area contributed by atoms with Gasteiger partial charge in [-0.3, -0.25) is 9.59 Å². The third kappa shape index (κ3) is 6.43. The van der Waals surface area contributed by atoms with E-state index in [1.54, 1.807) is 14.2 Å². The van der Waals surface area contributed by atoms with Crippen molar-refractivity contribution in [1.82, 2.24) is 10.6 Å². The maximum Gasteiger partial charge on any atom is 0.253 e. The zero-order chi connectivity index (χ0) is 24.5. The standard InChI is InChI=1S/C27H37N3O4/c1-5-19(2)26(31)29-21-13-16-30(17-14-21)23-9-7-6-8-22(23)27(32)28-15-12-20-10-11-24(33-3)25(18-20)34-4/h6-11,18-19,21H,5,12-17H2,1-4H3,(H,28,32)(H,29,31). The molecule has 2 aromatic rings. The number of ether oxygens (including phenoxy) is 2. The lowest BCUT2D eigenvalue weighted by Crippen LogP contribution is -2.46. The van der Waals surface area contributed by atoms with Gasteiger partial charge >= 0.3 is 0 Å². The Morgan fingerprint density at radius 1 is 1.06 bits per heavy atom. The van der Waals surface area contributed by atoms with Gasteiger partial charge in [0, 0.05) is 37.3 Å². The monoisotopic (exact) mass is 467 g/mol. The van der Waals surface area contributed by atoms with E-state index in [1.807, 2.05) is 56.3 Å². The van der Waals surface area contributed by atoms with Gasteiger partial charge in [0.25, 0.3) is 5.91 Å². The van der Waals surface area contributed by atoms with Crippen LogP contribution in [0.5, 0.6) is 11.5 Å². The Hall–Kier alpha value is -3.22. The van der Waals surface area contributed by atoms with Crippen molar-refractivity contribution in [1.29, 1.82) is 0 Å². The predicted octanol–water partition coefficient (Wildman–Crippen LogP) is 3.81. The zero-order valence-electron chi connectivity index (χ0n) is 20.7. The Balaban J connectivity index is 1.56. The maximum atomic E-state index is 13.0. The largest absolute Gasteiger partial charge is 0.493 e. The van der Waals surface area contributed by atoms with Crippen molar-refractivity contribution in [2.45, 2.75) is 45.6 Å². The fraction of sp³-hybridized carbons (Fsp3) is 0.481. The van der Waals surface area contributed by atoms with Gasteiger partial charge in [0.2, 0.25) is 5.91 Å². The van der Waals surface area contributed by atoms with Crippen LogP contribution < -0.4 is 25.0 Å². The number of hydrogen-bond donors (Lipinski definition) is 2. The van der Waals surface area contributed by atoms with Crippen LogP contribution in [-0.2, 0) is 11.2 Å². The molecular weight excluding hydrogens is 430 g/mol. The zero-order valence-corrected chi connectivity index (χ0v) is 20.7. The summed E-state index contributed by atoms with van der Waals surface area (Å²) in [6, 6.07) is 13.7. The fourth-order valence-corrected chi connectivity index (χ4v) is 4.19. The second-order valence-electron chi connectivity index (χ2n) is 8.79. The van der Waals surface area contributed by atoms with E-state index in [4.69, 9.17) is 9.47 Å². The van der Waals surface area contributed by atoms with Crippen LogP contribution in [0.3, 0.4) is 0 Å². The van der Waals surface area contributed by atoms with Gasteiger partial charge < -0.3 is 25.0 Å². The highest BCUT2D eigenvalue weighted by atomic mass is 16.5. The third-order valence-corrected chi connectivity index (χ3v) is 6.54. The van der Waals surface area contributed by atoms with Gasteiger partial charge in [0.15, 0.2) is 11.5 Å². The molecule has 0 saturated carbocycles. The third-order valence-electron chi connectivity index (χ3n) is 6.54. The predicted molar refractivity (Wildman–Crippen MR) is 135 cm³/mol. The molecule has 1 saturated heterocycles. The van der Waals surface area contributed by atoms with E-state index in [0.29, 0.717) is 30.0 Å². The second kappa shape index (κ2) is 12.3. The summed E-state index contributed by atoms with van der Waals surface area (Å²) >= 11 is 0. The van der Waals surface area contributed by atoms with Gasteiger partial charge in [-0.05, 0) is 55.5 Å². The second-order valence-corrected chi connectivity index (χ2v) is 8.79. The number of amides is 2. The number of rotatable bonds is 10. The molecule has 184 valence electrons. The molecule has 1 unspecified atom stereocenters. The molecule has 0 bridgehead atoms. The molecular formula is C27H37N3O4. The van der Waals surface area contributed by atoms with Crippen LogP contribution in [0.1, 0.15) is 49.0 Å². The van der Waals surface area contributed by atoms with Gasteiger partial charge in [-0.15, -0.1) is 0 Å². The number of para-hydroxylation sites is 1. The van der Waals surface area contributed by atoms with Crippen molar-refractivity contribution in [3.8, 4) is 11.5 Å². The Labute approximate surface area is 202 Å². The highest BCUT2D eigenvalue weighted by Gasteiger charge is 2.24. The summed E-state index contributed by atoms with van der Waals surface area (Å²) < 4.78 is 10.6. The van der Waals surface area contributed by atoms with Crippen LogP contribution in [0.25, 0.3) is 0 Å². The lowest BCUT2D eigenvalue weighted by atomic mass is 10.0. The molecule has 0 radical (unpaired) electrons. The first-order valence-corrected chi connectivity index (χ1v) is 12.1. The smallest absolute Gasteiger partial charge is 0.253 e. The summed E-state index contributed by atoms with van der Waals surface area (Å²) in [5, 5.41) is 6.23. The molecule has 2 aromatic carbocycles. The molecule has 3 rings (SSSR count). The van der Waals surface area contributed by atoms with Crippen LogP contribution in [0.2, 0.25) is 0 Å². The van der Waals surface area contributed by atoms with E-state index in [9.17, 15) is 9.59 Å². The number of anilines is 1. The van der Waals surface area contributed by atoms with Crippen LogP contribution in [0, 0.1) is 5.92 Å². The summed E-state index contributed by atoms with van der Waals surface area (Å²) in [7, 11) is 3.23. The lowest BCUT2D eigenvalue weighted by molar-refractivity contribution is -0.125. The van der Waals surface area contributed by atoms with E-state index < -0.39 is 0 Å². The van der Waals surface area contributed by atoms with E-state index in [0.717, 1.165) is 43.6 Å². The summed E-state index contributed by atoms with van der Waals surface area (Å²) in [6.45, 7) is 6.13. The number of benzene rings is 2. The first-order valence-electron chi connectivity index (χ1n) is 12.1. The van der Waals surface area contributed by atoms with Crippen molar-refractivity contribution < 1.29 is 19.1 Å². The SMILES string of the molecule is CCC(C)C(=O)NC1CCN(c2ccccc2C(=O)NCCc2ccc(OC)c(OC)c2)CC1. The molecule has 1 fully saturated rings. The molecule has 0 aliphatic carbocycles. The summed E-state index contributed by atoms with van der Waals surface area (Å²) in [4.78, 5) is 27.5. The van der Waals surface area contributed by atoms with Gasteiger partial charge in [0.1, 0.15) is 0 Å². The Morgan fingerprint density at radius 3 is 2.44 bits per heavy atom. The first kappa shape index (κ1) is 25.4. The quantitative estimate of drug-likeness (QED) is 0.556. The summed E-state index contributed by atoms with van der Waals surface area (Å²) in [6.07, 6.45) is 3.28.